The first kappa shape index (κ1) is 19.6. The molecule has 0 aromatic heterocycles. The summed E-state index contributed by atoms with van der Waals surface area (Å²) in [6.45, 7) is 2.99. The van der Waals surface area contributed by atoms with E-state index in [1.54, 1.807) is 6.92 Å². The number of esters is 1. The molecule has 2 aromatic rings. The number of carbonyl (C=O) groups is 2. The summed E-state index contributed by atoms with van der Waals surface area (Å²) in [5.74, 6) is -1.98. The first-order chi connectivity index (χ1) is 12.1. The first-order valence-corrected chi connectivity index (χ1v) is 9.55. The first-order valence-electron chi connectivity index (χ1n) is 7.66. The highest BCUT2D eigenvalue weighted by Crippen LogP contribution is 2.18. The van der Waals surface area contributed by atoms with E-state index in [-0.39, 0.29) is 16.1 Å². The molecule has 26 heavy (non-hydrogen) atoms. The predicted octanol–water partition coefficient (Wildman–Crippen LogP) is 2.72. The Kier molecular flexibility index (Phi) is 5.76. The molecule has 0 fully saturated rings. The van der Waals surface area contributed by atoms with E-state index in [2.05, 4.69) is 5.32 Å². The molecule has 0 saturated heterocycles. The van der Waals surface area contributed by atoms with Gasteiger partial charge < -0.3 is 10.1 Å². The minimum absolute atomic E-state index is 0.0214. The molecular weight excluding hydrogens is 361 g/mol. The predicted molar refractivity (Wildman–Crippen MR) is 94.2 cm³/mol. The molecule has 0 bridgehead atoms. The van der Waals surface area contributed by atoms with Crippen molar-refractivity contribution in [2.24, 2.45) is 0 Å². The van der Waals surface area contributed by atoms with Gasteiger partial charge in [-0.15, -0.1) is 0 Å². The minimum Gasteiger partial charge on any atom is -0.449 e. The monoisotopic (exact) mass is 379 g/mol. The number of nitrogens with one attached hydrogen (secondary N) is 1. The lowest BCUT2D eigenvalue weighted by molar-refractivity contribution is -0.123. The average molecular weight is 379 g/mol. The molecule has 0 aliphatic rings. The Morgan fingerprint density at radius 3 is 2.46 bits per heavy atom. The van der Waals surface area contributed by atoms with Crippen molar-refractivity contribution >= 4 is 27.4 Å². The molecule has 1 atom stereocenters. The van der Waals surface area contributed by atoms with Crippen LogP contribution in [0.25, 0.3) is 0 Å². The fraction of sp³-hybridized carbons (Fsp3) is 0.222. The molecule has 0 unspecified atom stereocenters. The Morgan fingerprint density at radius 1 is 1.15 bits per heavy atom. The smallest absolute Gasteiger partial charge is 0.339 e. The molecule has 0 spiro atoms. The number of hydrogen-bond donors (Lipinski definition) is 1. The fourth-order valence-electron chi connectivity index (χ4n) is 2.14. The van der Waals surface area contributed by atoms with Crippen LogP contribution in [0.3, 0.4) is 0 Å². The summed E-state index contributed by atoms with van der Waals surface area (Å²) < 4.78 is 41.5. The van der Waals surface area contributed by atoms with Crippen LogP contribution in [0.4, 0.5) is 10.1 Å². The van der Waals surface area contributed by atoms with Crippen molar-refractivity contribution in [3.05, 3.63) is 59.4 Å². The highest BCUT2D eigenvalue weighted by atomic mass is 32.2. The van der Waals surface area contributed by atoms with Crippen LogP contribution >= 0.6 is 0 Å². The zero-order valence-corrected chi connectivity index (χ0v) is 15.3. The van der Waals surface area contributed by atoms with Crippen molar-refractivity contribution in [3.63, 3.8) is 0 Å². The molecule has 138 valence electrons. The topological polar surface area (TPSA) is 89.5 Å². The lowest BCUT2D eigenvalue weighted by atomic mass is 10.1. The van der Waals surface area contributed by atoms with Crippen molar-refractivity contribution in [1.82, 2.24) is 0 Å². The van der Waals surface area contributed by atoms with E-state index in [0.717, 1.165) is 12.3 Å². The summed E-state index contributed by atoms with van der Waals surface area (Å²) in [7, 11) is -3.49. The number of rotatable bonds is 5. The van der Waals surface area contributed by atoms with Crippen LogP contribution in [0.5, 0.6) is 0 Å². The van der Waals surface area contributed by atoms with Crippen LogP contribution in [0.15, 0.2) is 47.4 Å². The fourth-order valence-corrected chi connectivity index (χ4v) is 2.79. The second kappa shape index (κ2) is 7.65. The summed E-state index contributed by atoms with van der Waals surface area (Å²) >= 11 is 0. The Morgan fingerprint density at radius 2 is 1.85 bits per heavy atom. The maximum atomic E-state index is 13.1. The van der Waals surface area contributed by atoms with E-state index >= 15 is 0 Å². The quantitative estimate of drug-likeness (QED) is 0.807. The Hall–Kier alpha value is -2.74. The summed E-state index contributed by atoms with van der Waals surface area (Å²) in [6, 6.07) is 9.38. The number of benzene rings is 2. The minimum atomic E-state index is -3.49. The molecule has 2 aromatic carbocycles. The van der Waals surface area contributed by atoms with Gasteiger partial charge in [0, 0.05) is 11.9 Å². The van der Waals surface area contributed by atoms with Gasteiger partial charge in [0.15, 0.2) is 15.9 Å². The number of amides is 1. The van der Waals surface area contributed by atoms with E-state index in [0.29, 0.717) is 5.56 Å². The normalized spacial score (nSPS) is 12.3. The largest absolute Gasteiger partial charge is 0.449 e. The van der Waals surface area contributed by atoms with E-state index in [4.69, 9.17) is 4.74 Å². The zero-order valence-electron chi connectivity index (χ0n) is 14.4. The standard InChI is InChI=1S/C18H18FNO5S/c1-11-7-8-15(26(3,23)24)10-16(11)18(22)25-12(2)17(21)20-14-6-4-5-13(19)9-14/h4-10,12H,1-3H3,(H,20,21)/t12-/m1/s1. The second-order valence-corrected chi connectivity index (χ2v) is 7.81. The van der Waals surface area contributed by atoms with Gasteiger partial charge in [-0.3, -0.25) is 4.79 Å². The molecule has 0 aliphatic heterocycles. The van der Waals surface area contributed by atoms with Crippen molar-refractivity contribution in [3.8, 4) is 0 Å². The molecule has 0 heterocycles. The lowest BCUT2D eigenvalue weighted by Gasteiger charge is -2.15. The van der Waals surface area contributed by atoms with Crippen LogP contribution in [-0.4, -0.2) is 32.7 Å². The molecule has 1 N–H and O–H groups in total. The Bertz CT molecular complexity index is 956. The summed E-state index contributed by atoms with van der Waals surface area (Å²) in [6.07, 6.45) is -0.131. The second-order valence-electron chi connectivity index (χ2n) is 5.80. The molecule has 8 heteroatoms. The zero-order chi connectivity index (χ0) is 19.5. The number of aryl methyl sites for hydroxylation is 1. The van der Waals surface area contributed by atoms with Gasteiger partial charge in [-0.1, -0.05) is 12.1 Å². The molecule has 6 nitrogen and oxygen atoms in total. The molecule has 2 rings (SSSR count). The maximum Gasteiger partial charge on any atom is 0.339 e. The van der Waals surface area contributed by atoms with E-state index < -0.39 is 33.6 Å². The van der Waals surface area contributed by atoms with Crippen LogP contribution < -0.4 is 5.32 Å². The van der Waals surface area contributed by atoms with Crippen molar-refractivity contribution < 1.29 is 27.1 Å². The highest BCUT2D eigenvalue weighted by Gasteiger charge is 2.21. The number of hydrogen-bond acceptors (Lipinski definition) is 5. The molecular formula is C18H18FNO5S. The van der Waals surface area contributed by atoms with E-state index in [1.165, 1.54) is 43.3 Å². The van der Waals surface area contributed by atoms with Gasteiger partial charge in [0.2, 0.25) is 0 Å². The van der Waals surface area contributed by atoms with Crippen molar-refractivity contribution in [1.29, 1.82) is 0 Å². The third kappa shape index (κ3) is 4.89. The van der Waals surface area contributed by atoms with Gasteiger partial charge in [0.25, 0.3) is 5.91 Å². The van der Waals surface area contributed by atoms with Crippen LogP contribution in [-0.2, 0) is 19.4 Å². The number of ether oxygens (including phenoxy) is 1. The van der Waals surface area contributed by atoms with Crippen molar-refractivity contribution in [2.45, 2.75) is 24.8 Å². The summed E-state index contributed by atoms with van der Waals surface area (Å²) in [5.41, 5.74) is 0.798. The van der Waals surface area contributed by atoms with Gasteiger partial charge in [-0.25, -0.2) is 17.6 Å². The van der Waals surface area contributed by atoms with E-state index in [9.17, 15) is 22.4 Å². The third-order valence-corrected chi connectivity index (χ3v) is 4.71. The summed E-state index contributed by atoms with van der Waals surface area (Å²) in [4.78, 5) is 24.4. The van der Waals surface area contributed by atoms with Gasteiger partial charge in [-0.05, 0) is 49.7 Å². The Labute approximate surface area is 150 Å². The lowest BCUT2D eigenvalue weighted by Crippen LogP contribution is -2.30. The van der Waals surface area contributed by atoms with Gasteiger partial charge in [0.05, 0.1) is 10.5 Å². The maximum absolute atomic E-state index is 13.1. The molecule has 0 saturated carbocycles. The average Bonchev–Trinajstić information content (AvgIpc) is 2.53. The number of carbonyl (C=O) groups excluding carboxylic acids is 2. The third-order valence-electron chi connectivity index (χ3n) is 3.60. The highest BCUT2D eigenvalue weighted by molar-refractivity contribution is 7.90. The van der Waals surface area contributed by atoms with Gasteiger partial charge in [-0.2, -0.15) is 0 Å². The van der Waals surface area contributed by atoms with Gasteiger partial charge >= 0.3 is 5.97 Å². The number of halogens is 1. The molecule has 0 radical (unpaired) electrons. The number of sulfone groups is 1. The van der Waals surface area contributed by atoms with Crippen LogP contribution in [0.1, 0.15) is 22.8 Å². The molecule has 1 amide bonds. The van der Waals surface area contributed by atoms with Crippen LogP contribution in [0.2, 0.25) is 0 Å². The Balaban J connectivity index is 2.12. The molecule has 0 aliphatic carbocycles. The van der Waals surface area contributed by atoms with Gasteiger partial charge in [0.1, 0.15) is 5.82 Å². The SMILES string of the molecule is Cc1ccc(S(C)(=O)=O)cc1C(=O)O[C@H](C)C(=O)Nc1cccc(F)c1. The van der Waals surface area contributed by atoms with Crippen molar-refractivity contribution in [2.75, 3.05) is 11.6 Å². The number of anilines is 1. The summed E-state index contributed by atoms with van der Waals surface area (Å²) in [5, 5.41) is 2.44. The van der Waals surface area contributed by atoms with E-state index in [1.807, 2.05) is 0 Å². The van der Waals surface area contributed by atoms with Crippen LogP contribution in [0, 0.1) is 12.7 Å².